The molecule has 9 heteroatoms. The highest BCUT2D eigenvalue weighted by atomic mass is 79.9. The standard InChI is InChI=1S/C21H19BrN6O2/c1-29-18-8-7-15(11-19(18)30-2)26-21-23-12-16(22)20(27-21)25-14-5-3-13(4-6-14)17-9-10-24-28-17/h3-12H,1-2H3,(H,24,28)(H2,23,25,26,27). The lowest BCUT2D eigenvalue weighted by atomic mass is 10.1. The maximum atomic E-state index is 5.34. The minimum Gasteiger partial charge on any atom is -0.493 e. The van der Waals surface area contributed by atoms with Crippen LogP contribution in [0.2, 0.25) is 0 Å². The highest BCUT2D eigenvalue weighted by molar-refractivity contribution is 9.10. The molecule has 0 aliphatic rings. The van der Waals surface area contributed by atoms with E-state index in [4.69, 9.17) is 9.47 Å². The van der Waals surface area contributed by atoms with E-state index in [1.807, 2.05) is 48.5 Å². The highest BCUT2D eigenvalue weighted by Gasteiger charge is 2.09. The lowest BCUT2D eigenvalue weighted by molar-refractivity contribution is 0.355. The molecular formula is C21H19BrN6O2. The molecule has 0 amide bonds. The van der Waals surface area contributed by atoms with Crippen LogP contribution in [0.5, 0.6) is 11.5 Å². The number of ether oxygens (including phenoxy) is 2. The van der Waals surface area contributed by atoms with Gasteiger partial charge in [-0.2, -0.15) is 10.1 Å². The van der Waals surface area contributed by atoms with Gasteiger partial charge in [-0.1, -0.05) is 12.1 Å². The van der Waals surface area contributed by atoms with E-state index in [-0.39, 0.29) is 0 Å². The summed E-state index contributed by atoms with van der Waals surface area (Å²) in [6.07, 6.45) is 3.42. The van der Waals surface area contributed by atoms with E-state index in [0.29, 0.717) is 23.3 Å². The van der Waals surface area contributed by atoms with Crippen molar-refractivity contribution in [2.24, 2.45) is 0 Å². The maximum Gasteiger partial charge on any atom is 0.229 e. The molecule has 0 saturated heterocycles. The third kappa shape index (κ3) is 4.36. The number of nitrogens with one attached hydrogen (secondary N) is 3. The quantitative estimate of drug-likeness (QED) is 0.347. The largest absolute Gasteiger partial charge is 0.493 e. The molecule has 0 spiro atoms. The summed E-state index contributed by atoms with van der Waals surface area (Å²) in [7, 11) is 3.19. The van der Waals surface area contributed by atoms with Gasteiger partial charge in [0.25, 0.3) is 0 Å². The molecule has 2 aromatic heterocycles. The Labute approximate surface area is 181 Å². The summed E-state index contributed by atoms with van der Waals surface area (Å²) in [6, 6.07) is 15.4. The van der Waals surface area contributed by atoms with E-state index < -0.39 is 0 Å². The van der Waals surface area contributed by atoms with Gasteiger partial charge in [0.1, 0.15) is 5.82 Å². The fraction of sp³-hybridized carbons (Fsp3) is 0.0952. The smallest absolute Gasteiger partial charge is 0.229 e. The summed E-state index contributed by atoms with van der Waals surface area (Å²) in [6.45, 7) is 0. The molecule has 152 valence electrons. The summed E-state index contributed by atoms with van der Waals surface area (Å²) in [5, 5.41) is 13.4. The molecule has 2 aromatic carbocycles. The number of rotatable bonds is 7. The average molecular weight is 467 g/mol. The van der Waals surface area contributed by atoms with Crippen LogP contribution in [-0.4, -0.2) is 34.4 Å². The molecule has 0 saturated carbocycles. The Morgan fingerprint density at radius 2 is 1.67 bits per heavy atom. The van der Waals surface area contributed by atoms with Gasteiger partial charge in [0.2, 0.25) is 5.95 Å². The van der Waals surface area contributed by atoms with Crippen molar-refractivity contribution >= 4 is 39.1 Å². The van der Waals surface area contributed by atoms with Crippen LogP contribution in [0.25, 0.3) is 11.3 Å². The predicted molar refractivity (Wildman–Crippen MR) is 120 cm³/mol. The summed E-state index contributed by atoms with van der Waals surface area (Å²) in [4.78, 5) is 8.89. The Morgan fingerprint density at radius 1 is 0.900 bits per heavy atom. The molecular weight excluding hydrogens is 448 g/mol. The summed E-state index contributed by atoms with van der Waals surface area (Å²) in [5.74, 6) is 2.36. The molecule has 3 N–H and O–H groups in total. The van der Waals surface area contributed by atoms with Gasteiger partial charge >= 0.3 is 0 Å². The molecule has 0 fully saturated rings. The lowest BCUT2D eigenvalue weighted by Crippen LogP contribution is -2.02. The van der Waals surface area contributed by atoms with E-state index in [9.17, 15) is 0 Å². The third-order valence-corrected chi connectivity index (χ3v) is 4.92. The van der Waals surface area contributed by atoms with Crippen LogP contribution in [-0.2, 0) is 0 Å². The third-order valence-electron chi connectivity index (χ3n) is 4.34. The van der Waals surface area contributed by atoms with Crippen LogP contribution in [0.3, 0.4) is 0 Å². The van der Waals surface area contributed by atoms with E-state index in [1.54, 1.807) is 26.6 Å². The lowest BCUT2D eigenvalue weighted by Gasteiger charge is -2.12. The number of aromatic nitrogens is 4. The number of H-pyrrole nitrogens is 1. The number of hydrogen-bond acceptors (Lipinski definition) is 7. The fourth-order valence-corrected chi connectivity index (χ4v) is 3.13. The summed E-state index contributed by atoms with van der Waals surface area (Å²) >= 11 is 3.50. The Morgan fingerprint density at radius 3 is 2.37 bits per heavy atom. The molecule has 4 rings (SSSR count). The molecule has 4 aromatic rings. The van der Waals surface area contributed by atoms with Gasteiger partial charge < -0.3 is 20.1 Å². The SMILES string of the molecule is COc1ccc(Nc2ncc(Br)c(Nc3ccc(-c4ccn[nH]4)cc3)n2)cc1OC. The number of methoxy groups -OCH3 is 2. The van der Waals surface area contributed by atoms with Gasteiger partial charge in [0.05, 0.1) is 24.4 Å². The molecule has 0 bridgehead atoms. The van der Waals surface area contributed by atoms with Gasteiger partial charge in [-0.05, 0) is 51.8 Å². The van der Waals surface area contributed by atoms with Crippen molar-refractivity contribution < 1.29 is 9.47 Å². The van der Waals surface area contributed by atoms with E-state index in [0.717, 1.165) is 27.1 Å². The number of aromatic amines is 1. The Balaban J connectivity index is 1.52. The van der Waals surface area contributed by atoms with Gasteiger partial charge in [0.15, 0.2) is 11.5 Å². The van der Waals surface area contributed by atoms with Crippen LogP contribution < -0.4 is 20.1 Å². The van der Waals surface area contributed by atoms with Crippen LogP contribution in [0.15, 0.2) is 65.4 Å². The zero-order chi connectivity index (χ0) is 20.9. The summed E-state index contributed by atoms with van der Waals surface area (Å²) < 4.78 is 11.4. The minimum atomic E-state index is 0.446. The van der Waals surface area contributed by atoms with Crippen molar-refractivity contribution in [1.29, 1.82) is 0 Å². The van der Waals surface area contributed by atoms with E-state index >= 15 is 0 Å². The first-order chi connectivity index (χ1) is 14.7. The topological polar surface area (TPSA) is 97.0 Å². The average Bonchev–Trinajstić information content (AvgIpc) is 3.31. The first-order valence-electron chi connectivity index (χ1n) is 9.04. The van der Waals surface area contributed by atoms with Crippen LogP contribution >= 0.6 is 15.9 Å². The van der Waals surface area contributed by atoms with Crippen molar-refractivity contribution in [3.05, 3.63) is 65.4 Å². The molecule has 8 nitrogen and oxygen atoms in total. The van der Waals surface area contributed by atoms with Crippen molar-refractivity contribution in [2.75, 3.05) is 24.9 Å². The van der Waals surface area contributed by atoms with Crippen molar-refractivity contribution in [3.63, 3.8) is 0 Å². The second kappa shape index (κ2) is 8.83. The predicted octanol–water partition coefficient (Wildman–Crippen LogP) is 5.13. The van der Waals surface area contributed by atoms with Crippen LogP contribution in [0, 0.1) is 0 Å². The summed E-state index contributed by atoms with van der Waals surface area (Å²) in [5.41, 5.74) is 3.70. The van der Waals surface area contributed by atoms with Gasteiger partial charge in [-0.3, -0.25) is 5.10 Å². The van der Waals surface area contributed by atoms with Gasteiger partial charge in [-0.25, -0.2) is 4.98 Å². The zero-order valence-corrected chi connectivity index (χ0v) is 17.9. The fourth-order valence-electron chi connectivity index (χ4n) is 2.84. The Hall–Kier alpha value is -3.59. The zero-order valence-electron chi connectivity index (χ0n) is 16.3. The second-order valence-corrected chi connectivity index (χ2v) is 7.11. The molecule has 0 unspecified atom stereocenters. The van der Waals surface area contributed by atoms with Gasteiger partial charge in [0, 0.05) is 29.8 Å². The highest BCUT2D eigenvalue weighted by Crippen LogP contribution is 2.31. The Kier molecular flexibility index (Phi) is 5.80. The Bertz CT molecular complexity index is 1130. The van der Waals surface area contributed by atoms with Crippen LogP contribution in [0.4, 0.5) is 23.1 Å². The monoisotopic (exact) mass is 466 g/mol. The van der Waals surface area contributed by atoms with Crippen molar-refractivity contribution in [2.45, 2.75) is 0 Å². The minimum absolute atomic E-state index is 0.446. The van der Waals surface area contributed by atoms with Crippen molar-refractivity contribution in [1.82, 2.24) is 20.2 Å². The molecule has 0 aliphatic heterocycles. The molecule has 2 heterocycles. The van der Waals surface area contributed by atoms with E-state index in [1.165, 1.54) is 0 Å². The number of benzene rings is 2. The van der Waals surface area contributed by atoms with Crippen molar-refractivity contribution in [3.8, 4) is 22.8 Å². The first kappa shape index (κ1) is 19.7. The molecule has 0 aliphatic carbocycles. The molecule has 0 atom stereocenters. The first-order valence-corrected chi connectivity index (χ1v) is 9.84. The molecule has 0 radical (unpaired) electrons. The van der Waals surface area contributed by atoms with Gasteiger partial charge in [-0.15, -0.1) is 0 Å². The van der Waals surface area contributed by atoms with Crippen LogP contribution in [0.1, 0.15) is 0 Å². The van der Waals surface area contributed by atoms with E-state index in [2.05, 4.69) is 46.7 Å². The number of nitrogens with zero attached hydrogens (tertiary/aromatic N) is 3. The number of anilines is 4. The normalized spacial score (nSPS) is 10.5. The maximum absolute atomic E-state index is 5.34. The number of halogens is 1. The second-order valence-electron chi connectivity index (χ2n) is 6.26. The molecule has 30 heavy (non-hydrogen) atoms. The number of hydrogen-bond donors (Lipinski definition) is 3.